The van der Waals surface area contributed by atoms with Crippen LogP contribution < -0.4 is 16.4 Å². The van der Waals surface area contributed by atoms with Gasteiger partial charge < -0.3 is 16.4 Å². The van der Waals surface area contributed by atoms with Crippen LogP contribution in [0.3, 0.4) is 0 Å². The summed E-state index contributed by atoms with van der Waals surface area (Å²) in [7, 11) is 0. The highest BCUT2D eigenvalue weighted by atomic mass is 16.1. The van der Waals surface area contributed by atoms with E-state index in [1.165, 1.54) is 0 Å². The molecule has 5 heteroatoms. The monoisotopic (exact) mass is 236 g/mol. The fraction of sp³-hybridized carbons (Fsp3) is 0.500. The van der Waals surface area contributed by atoms with E-state index in [-0.39, 0.29) is 11.9 Å². The zero-order valence-corrected chi connectivity index (χ0v) is 10.4. The Morgan fingerprint density at radius 3 is 3.00 bits per heavy atom. The maximum atomic E-state index is 10.8. The Bertz CT molecular complexity index is 367. The third-order valence-electron chi connectivity index (χ3n) is 2.24. The van der Waals surface area contributed by atoms with Gasteiger partial charge in [0.1, 0.15) is 5.82 Å². The second kappa shape index (κ2) is 6.73. The molecule has 0 spiro atoms. The third kappa shape index (κ3) is 5.19. The van der Waals surface area contributed by atoms with Crippen molar-refractivity contribution in [1.29, 1.82) is 0 Å². The first kappa shape index (κ1) is 13.3. The van der Waals surface area contributed by atoms with Crippen molar-refractivity contribution in [3.8, 4) is 0 Å². The molecule has 0 aliphatic heterocycles. The number of carbonyl (C=O) groups excluding carboxylic acids is 1. The van der Waals surface area contributed by atoms with Gasteiger partial charge in [-0.1, -0.05) is 6.92 Å². The molecule has 0 aliphatic carbocycles. The quantitative estimate of drug-likeness (QED) is 0.671. The van der Waals surface area contributed by atoms with E-state index >= 15 is 0 Å². The summed E-state index contributed by atoms with van der Waals surface area (Å²) >= 11 is 0. The van der Waals surface area contributed by atoms with Crippen LogP contribution >= 0.6 is 0 Å². The van der Waals surface area contributed by atoms with E-state index in [4.69, 9.17) is 5.73 Å². The summed E-state index contributed by atoms with van der Waals surface area (Å²) in [6, 6.07) is 3.82. The van der Waals surface area contributed by atoms with Gasteiger partial charge in [0.05, 0.1) is 0 Å². The minimum absolute atomic E-state index is 0.0222. The molecule has 0 saturated carbocycles. The molecule has 1 heterocycles. The van der Waals surface area contributed by atoms with Crippen molar-refractivity contribution < 1.29 is 4.79 Å². The second-order valence-corrected chi connectivity index (χ2v) is 4.07. The van der Waals surface area contributed by atoms with E-state index < -0.39 is 0 Å². The smallest absolute Gasteiger partial charge is 0.219 e. The fourth-order valence-electron chi connectivity index (χ4n) is 1.51. The van der Waals surface area contributed by atoms with E-state index in [1.54, 1.807) is 6.20 Å². The van der Waals surface area contributed by atoms with Gasteiger partial charge in [0.15, 0.2) is 0 Å². The average molecular weight is 236 g/mol. The number of pyridine rings is 1. The summed E-state index contributed by atoms with van der Waals surface area (Å²) in [5.74, 6) is 0.534. The van der Waals surface area contributed by atoms with Crippen molar-refractivity contribution >= 4 is 17.4 Å². The Morgan fingerprint density at radius 2 is 2.35 bits per heavy atom. The molecule has 1 aromatic heterocycles. The first-order valence-electron chi connectivity index (χ1n) is 5.86. The summed E-state index contributed by atoms with van der Waals surface area (Å²) < 4.78 is 0. The number of nitrogens with zero attached hydrogens (tertiary/aromatic N) is 1. The zero-order valence-electron chi connectivity index (χ0n) is 10.4. The normalized spacial score (nSPS) is 11.9. The number of hydrogen-bond donors (Lipinski definition) is 3. The molecule has 5 nitrogen and oxygen atoms in total. The fourth-order valence-corrected chi connectivity index (χ4v) is 1.51. The van der Waals surface area contributed by atoms with Crippen molar-refractivity contribution in [3.63, 3.8) is 0 Å². The van der Waals surface area contributed by atoms with E-state index in [1.807, 2.05) is 19.1 Å². The van der Waals surface area contributed by atoms with Crippen molar-refractivity contribution in [2.75, 3.05) is 17.2 Å². The van der Waals surface area contributed by atoms with Crippen LogP contribution in [0.1, 0.15) is 26.7 Å². The van der Waals surface area contributed by atoms with E-state index in [0.717, 1.165) is 24.5 Å². The number of hydrogen-bond acceptors (Lipinski definition) is 4. The summed E-state index contributed by atoms with van der Waals surface area (Å²) in [5.41, 5.74) is 6.08. The molecule has 1 unspecified atom stereocenters. The Labute approximate surface area is 102 Å². The molecule has 4 N–H and O–H groups in total. The van der Waals surface area contributed by atoms with Gasteiger partial charge in [0.25, 0.3) is 0 Å². The number of primary amides is 1. The lowest BCUT2D eigenvalue weighted by molar-refractivity contribution is -0.118. The molecule has 0 aromatic carbocycles. The van der Waals surface area contributed by atoms with E-state index in [2.05, 4.69) is 22.5 Å². The molecule has 1 atom stereocenters. The lowest BCUT2D eigenvalue weighted by atomic mass is 10.2. The first-order valence-corrected chi connectivity index (χ1v) is 5.86. The maximum absolute atomic E-state index is 10.8. The summed E-state index contributed by atoms with van der Waals surface area (Å²) in [6.45, 7) is 4.92. The van der Waals surface area contributed by atoms with Crippen LogP contribution in [0.25, 0.3) is 0 Å². The highest BCUT2D eigenvalue weighted by molar-refractivity contribution is 5.75. The Morgan fingerprint density at radius 1 is 1.59 bits per heavy atom. The first-order chi connectivity index (χ1) is 8.11. The lowest BCUT2D eigenvalue weighted by Gasteiger charge is -2.14. The third-order valence-corrected chi connectivity index (χ3v) is 2.24. The van der Waals surface area contributed by atoms with Crippen LogP contribution in [-0.2, 0) is 4.79 Å². The average Bonchev–Trinajstić information content (AvgIpc) is 2.25. The Kier molecular flexibility index (Phi) is 5.26. The highest BCUT2D eigenvalue weighted by Gasteiger charge is 2.06. The van der Waals surface area contributed by atoms with Gasteiger partial charge in [-0.05, 0) is 19.4 Å². The molecular weight excluding hydrogens is 216 g/mol. The van der Waals surface area contributed by atoms with Crippen LogP contribution in [0.2, 0.25) is 0 Å². The predicted octanol–water partition coefficient (Wildman–Crippen LogP) is 1.58. The Hall–Kier alpha value is -1.78. The highest BCUT2D eigenvalue weighted by Crippen LogP contribution is 2.13. The number of anilines is 2. The molecule has 1 aromatic rings. The maximum Gasteiger partial charge on any atom is 0.219 e. The topological polar surface area (TPSA) is 80.0 Å². The minimum atomic E-state index is -0.302. The number of rotatable bonds is 7. The van der Waals surface area contributed by atoms with Crippen molar-refractivity contribution in [2.45, 2.75) is 32.7 Å². The van der Waals surface area contributed by atoms with Gasteiger partial charge in [-0.2, -0.15) is 0 Å². The van der Waals surface area contributed by atoms with Crippen LogP contribution in [0.15, 0.2) is 18.3 Å². The van der Waals surface area contributed by atoms with Gasteiger partial charge in [-0.3, -0.25) is 4.79 Å². The van der Waals surface area contributed by atoms with Gasteiger partial charge in [0, 0.05) is 37.0 Å². The molecule has 1 amide bonds. The largest absolute Gasteiger partial charge is 0.382 e. The summed E-state index contributed by atoms with van der Waals surface area (Å²) in [5, 5.41) is 6.42. The van der Waals surface area contributed by atoms with Crippen LogP contribution in [0.4, 0.5) is 11.5 Å². The Balaban J connectivity index is 2.55. The molecule has 1 rings (SSSR count). The zero-order chi connectivity index (χ0) is 12.7. The van der Waals surface area contributed by atoms with Crippen LogP contribution in [0, 0.1) is 0 Å². The molecule has 0 fully saturated rings. The summed E-state index contributed by atoms with van der Waals surface area (Å²) in [4.78, 5) is 15.0. The summed E-state index contributed by atoms with van der Waals surface area (Å²) in [6.07, 6.45) is 3.11. The number of aromatic nitrogens is 1. The standard InChI is InChI=1S/C12H20N4O/c1-3-5-14-12-8-10(4-6-15-12)16-9(2)7-11(13)17/h4,6,8-9H,3,5,7H2,1-2H3,(H2,13,17)(H2,14,15,16). The van der Waals surface area contributed by atoms with Crippen LogP contribution in [0.5, 0.6) is 0 Å². The molecule has 17 heavy (non-hydrogen) atoms. The van der Waals surface area contributed by atoms with Crippen molar-refractivity contribution in [1.82, 2.24) is 4.98 Å². The molecule has 94 valence electrons. The molecule has 0 saturated heterocycles. The molecule has 0 aliphatic rings. The van der Waals surface area contributed by atoms with Gasteiger partial charge in [0.2, 0.25) is 5.91 Å². The van der Waals surface area contributed by atoms with Gasteiger partial charge >= 0.3 is 0 Å². The SMILES string of the molecule is CCCNc1cc(NC(C)CC(N)=O)ccn1. The van der Waals surface area contributed by atoms with E-state index in [0.29, 0.717) is 6.42 Å². The number of nitrogens with two attached hydrogens (primary N) is 1. The predicted molar refractivity (Wildman–Crippen MR) is 69.9 cm³/mol. The van der Waals surface area contributed by atoms with Crippen LogP contribution in [-0.4, -0.2) is 23.5 Å². The number of nitrogens with one attached hydrogen (secondary N) is 2. The van der Waals surface area contributed by atoms with Gasteiger partial charge in [-0.15, -0.1) is 0 Å². The van der Waals surface area contributed by atoms with E-state index in [9.17, 15) is 4.79 Å². The molecular formula is C12H20N4O. The lowest BCUT2D eigenvalue weighted by Crippen LogP contribution is -2.24. The second-order valence-electron chi connectivity index (χ2n) is 4.07. The van der Waals surface area contributed by atoms with Gasteiger partial charge in [-0.25, -0.2) is 4.98 Å². The number of carbonyl (C=O) groups is 1. The minimum Gasteiger partial charge on any atom is -0.382 e. The van der Waals surface area contributed by atoms with Crippen molar-refractivity contribution in [3.05, 3.63) is 18.3 Å². The molecule has 0 radical (unpaired) electrons. The number of amides is 1. The van der Waals surface area contributed by atoms with Crippen molar-refractivity contribution in [2.24, 2.45) is 5.73 Å². The molecule has 0 bridgehead atoms.